The Morgan fingerprint density at radius 3 is 2.63 bits per heavy atom. The van der Waals surface area contributed by atoms with E-state index in [9.17, 15) is 14.0 Å². The van der Waals surface area contributed by atoms with Crippen LogP contribution >= 0.6 is 23.1 Å². The summed E-state index contributed by atoms with van der Waals surface area (Å²) in [5.74, 6) is -0.371. The number of rotatable bonds is 7. The first kappa shape index (κ1) is 19.3. The highest BCUT2D eigenvalue weighted by molar-refractivity contribution is 8.01. The van der Waals surface area contributed by atoms with Crippen molar-refractivity contribution in [2.24, 2.45) is 0 Å². The van der Waals surface area contributed by atoms with Crippen LogP contribution in [0.1, 0.15) is 21.6 Å². The lowest BCUT2D eigenvalue weighted by Crippen LogP contribution is -2.15. The molecule has 0 bridgehead atoms. The van der Waals surface area contributed by atoms with Gasteiger partial charge in [0.1, 0.15) is 5.82 Å². The number of aryl methyl sites for hydroxylation is 1. The number of nitrogens with zero attached hydrogens (tertiary/aromatic N) is 1. The Hall–Kier alpha value is -2.51. The van der Waals surface area contributed by atoms with E-state index in [0.29, 0.717) is 11.3 Å². The second-order valence-corrected chi connectivity index (χ2v) is 7.94. The topological polar surface area (TPSA) is 59.1 Å². The van der Waals surface area contributed by atoms with Crippen molar-refractivity contribution in [3.8, 4) is 0 Å². The van der Waals surface area contributed by atoms with E-state index in [1.54, 1.807) is 0 Å². The number of Topliss-reactive ketones (excluding diaryl/α,β-unsaturated/α-hetero) is 1. The van der Waals surface area contributed by atoms with E-state index >= 15 is 0 Å². The van der Waals surface area contributed by atoms with Crippen LogP contribution in [0.4, 0.5) is 10.1 Å². The van der Waals surface area contributed by atoms with Gasteiger partial charge in [0.05, 0.1) is 17.9 Å². The highest BCUT2D eigenvalue weighted by Crippen LogP contribution is 2.24. The minimum absolute atomic E-state index is 0.0888. The zero-order valence-corrected chi connectivity index (χ0v) is 16.2. The van der Waals surface area contributed by atoms with Gasteiger partial charge in [-0.1, -0.05) is 30.0 Å². The summed E-state index contributed by atoms with van der Waals surface area (Å²) in [6.45, 7) is 1.94. The van der Waals surface area contributed by atoms with Crippen LogP contribution in [-0.2, 0) is 11.2 Å². The molecule has 1 heterocycles. The molecule has 0 aliphatic carbocycles. The Kier molecular flexibility index (Phi) is 6.36. The van der Waals surface area contributed by atoms with Crippen molar-refractivity contribution in [3.05, 3.63) is 76.5 Å². The number of carbonyl (C=O) groups is 2. The Morgan fingerprint density at radius 2 is 1.89 bits per heavy atom. The molecule has 0 atom stereocenters. The van der Waals surface area contributed by atoms with Crippen LogP contribution in [0.2, 0.25) is 0 Å². The van der Waals surface area contributed by atoms with Crippen LogP contribution in [0, 0.1) is 12.7 Å². The molecule has 7 heteroatoms. The monoisotopic (exact) mass is 400 g/mol. The molecule has 0 aliphatic heterocycles. The summed E-state index contributed by atoms with van der Waals surface area (Å²) in [6, 6.07) is 13.1. The molecular weight excluding hydrogens is 383 g/mol. The highest BCUT2D eigenvalue weighted by Gasteiger charge is 2.12. The number of para-hydroxylation sites is 1. The fourth-order valence-electron chi connectivity index (χ4n) is 2.35. The van der Waals surface area contributed by atoms with Gasteiger partial charge in [-0.15, -0.1) is 11.3 Å². The molecule has 138 valence electrons. The van der Waals surface area contributed by atoms with E-state index in [-0.39, 0.29) is 29.7 Å². The summed E-state index contributed by atoms with van der Waals surface area (Å²) >= 11 is 2.71. The van der Waals surface area contributed by atoms with Crippen LogP contribution in [-0.4, -0.2) is 22.4 Å². The lowest BCUT2D eigenvalue weighted by molar-refractivity contribution is -0.115. The maximum Gasteiger partial charge on any atom is 0.230 e. The molecule has 4 nitrogen and oxygen atoms in total. The highest BCUT2D eigenvalue weighted by atomic mass is 32.2. The minimum atomic E-state index is -0.368. The molecule has 0 fully saturated rings. The van der Waals surface area contributed by atoms with Gasteiger partial charge < -0.3 is 5.32 Å². The van der Waals surface area contributed by atoms with Gasteiger partial charge in [-0.25, -0.2) is 9.37 Å². The molecule has 1 amide bonds. The number of benzene rings is 2. The molecule has 3 aromatic rings. The third kappa shape index (κ3) is 5.48. The minimum Gasteiger partial charge on any atom is -0.326 e. The zero-order chi connectivity index (χ0) is 19.2. The number of ketones is 1. The first-order chi connectivity index (χ1) is 13.0. The standard InChI is InChI=1S/C20H17FN2O2S2/c1-13-4-2-3-5-17(13)23-19(25)10-16-11-26-20(22-16)27-12-18(24)14-6-8-15(21)9-7-14/h2-9,11H,10,12H2,1H3,(H,23,25). The van der Waals surface area contributed by atoms with Crippen molar-refractivity contribution < 1.29 is 14.0 Å². The third-order valence-corrected chi connectivity index (χ3v) is 5.85. The summed E-state index contributed by atoms with van der Waals surface area (Å²) in [4.78, 5) is 28.7. The second kappa shape index (κ2) is 8.92. The number of thioether (sulfide) groups is 1. The van der Waals surface area contributed by atoms with Gasteiger partial charge in [-0.3, -0.25) is 9.59 Å². The summed E-state index contributed by atoms with van der Waals surface area (Å²) in [6.07, 6.45) is 0.178. The van der Waals surface area contributed by atoms with E-state index in [4.69, 9.17) is 0 Å². The van der Waals surface area contributed by atoms with Gasteiger partial charge >= 0.3 is 0 Å². The van der Waals surface area contributed by atoms with Crippen molar-refractivity contribution in [2.45, 2.75) is 17.7 Å². The Balaban J connectivity index is 1.52. The number of anilines is 1. The van der Waals surface area contributed by atoms with Gasteiger partial charge in [0.25, 0.3) is 0 Å². The van der Waals surface area contributed by atoms with Gasteiger partial charge in [0, 0.05) is 16.6 Å². The molecule has 1 N–H and O–H groups in total. The van der Waals surface area contributed by atoms with Crippen LogP contribution in [0.5, 0.6) is 0 Å². The summed E-state index contributed by atoms with van der Waals surface area (Å²) in [5.41, 5.74) is 2.93. The molecule has 2 aromatic carbocycles. The first-order valence-electron chi connectivity index (χ1n) is 8.23. The molecule has 0 radical (unpaired) electrons. The first-order valence-corrected chi connectivity index (χ1v) is 10.1. The zero-order valence-electron chi connectivity index (χ0n) is 14.6. The fourth-order valence-corrected chi connectivity index (χ4v) is 4.09. The quantitative estimate of drug-likeness (QED) is 0.459. The van der Waals surface area contributed by atoms with Gasteiger partial charge in [-0.05, 0) is 42.8 Å². The number of halogens is 1. The molecule has 0 unspecified atom stereocenters. The number of thiazole rings is 1. The Bertz CT molecular complexity index is 955. The van der Waals surface area contributed by atoms with Gasteiger partial charge in [0.2, 0.25) is 5.91 Å². The summed E-state index contributed by atoms with van der Waals surface area (Å²) in [7, 11) is 0. The number of hydrogen-bond acceptors (Lipinski definition) is 5. The van der Waals surface area contributed by atoms with Crippen LogP contribution in [0.3, 0.4) is 0 Å². The predicted octanol–water partition coefficient (Wildman–Crippen LogP) is 4.75. The molecule has 3 rings (SSSR count). The van der Waals surface area contributed by atoms with E-state index in [1.807, 2.05) is 36.6 Å². The SMILES string of the molecule is Cc1ccccc1NC(=O)Cc1csc(SCC(=O)c2ccc(F)cc2)n1. The van der Waals surface area contributed by atoms with Gasteiger partial charge in [0.15, 0.2) is 10.1 Å². The van der Waals surface area contributed by atoms with Gasteiger partial charge in [-0.2, -0.15) is 0 Å². The molecule has 0 saturated carbocycles. The number of nitrogens with one attached hydrogen (secondary N) is 1. The maximum atomic E-state index is 12.9. The fraction of sp³-hybridized carbons (Fsp3) is 0.150. The van der Waals surface area contributed by atoms with E-state index in [1.165, 1.54) is 47.4 Å². The van der Waals surface area contributed by atoms with Crippen LogP contribution < -0.4 is 5.32 Å². The van der Waals surface area contributed by atoms with Crippen molar-refractivity contribution in [1.82, 2.24) is 4.98 Å². The smallest absolute Gasteiger partial charge is 0.230 e. The normalized spacial score (nSPS) is 10.6. The van der Waals surface area contributed by atoms with E-state index < -0.39 is 0 Å². The number of hydrogen-bond donors (Lipinski definition) is 1. The van der Waals surface area contributed by atoms with Crippen LogP contribution in [0.25, 0.3) is 0 Å². The average Bonchev–Trinajstić information content (AvgIpc) is 3.09. The Morgan fingerprint density at radius 1 is 1.15 bits per heavy atom. The number of carbonyl (C=O) groups excluding carboxylic acids is 2. The lowest BCUT2D eigenvalue weighted by atomic mass is 10.1. The maximum absolute atomic E-state index is 12.9. The molecule has 27 heavy (non-hydrogen) atoms. The molecule has 0 saturated heterocycles. The summed E-state index contributed by atoms with van der Waals surface area (Å²) < 4.78 is 13.6. The number of amides is 1. The second-order valence-electron chi connectivity index (χ2n) is 5.86. The van der Waals surface area contributed by atoms with E-state index in [0.717, 1.165) is 15.6 Å². The lowest BCUT2D eigenvalue weighted by Gasteiger charge is -2.06. The molecule has 1 aromatic heterocycles. The van der Waals surface area contributed by atoms with Crippen molar-refractivity contribution in [1.29, 1.82) is 0 Å². The van der Waals surface area contributed by atoms with Crippen molar-refractivity contribution in [3.63, 3.8) is 0 Å². The molecule has 0 aliphatic rings. The predicted molar refractivity (Wildman–Crippen MR) is 107 cm³/mol. The summed E-state index contributed by atoms with van der Waals surface area (Å²) in [5, 5.41) is 4.70. The molecular formula is C20H17FN2O2S2. The average molecular weight is 401 g/mol. The van der Waals surface area contributed by atoms with E-state index in [2.05, 4.69) is 10.3 Å². The van der Waals surface area contributed by atoms with Crippen molar-refractivity contribution in [2.75, 3.05) is 11.1 Å². The number of aromatic nitrogens is 1. The Labute approximate surface area is 164 Å². The van der Waals surface area contributed by atoms with Crippen LogP contribution in [0.15, 0.2) is 58.3 Å². The third-order valence-electron chi connectivity index (χ3n) is 3.78. The van der Waals surface area contributed by atoms with Crippen molar-refractivity contribution >= 4 is 40.5 Å². The largest absolute Gasteiger partial charge is 0.326 e. The molecule has 0 spiro atoms.